The maximum Gasteiger partial charge on any atom is 0.253 e. The van der Waals surface area contributed by atoms with Crippen LogP contribution in [0.1, 0.15) is 48.9 Å². The van der Waals surface area contributed by atoms with Crippen LogP contribution in [0.5, 0.6) is 0 Å². The first-order valence-corrected chi connectivity index (χ1v) is 7.98. The van der Waals surface area contributed by atoms with Crippen LogP contribution in [0.25, 0.3) is 0 Å². The van der Waals surface area contributed by atoms with Gasteiger partial charge in [-0.15, -0.1) is 6.58 Å². The maximum absolute atomic E-state index is 12.1. The van der Waals surface area contributed by atoms with Gasteiger partial charge >= 0.3 is 0 Å². The molecule has 1 saturated carbocycles. The van der Waals surface area contributed by atoms with E-state index in [4.69, 9.17) is 0 Å². The van der Waals surface area contributed by atoms with Crippen molar-refractivity contribution in [2.45, 2.75) is 38.5 Å². The van der Waals surface area contributed by atoms with Gasteiger partial charge < -0.3 is 10.6 Å². The summed E-state index contributed by atoms with van der Waals surface area (Å²) in [5.74, 6) is 0.472. The van der Waals surface area contributed by atoms with E-state index in [0.717, 1.165) is 6.42 Å². The number of anilines is 1. The van der Waals surface area contributed by atoms with E-state index < -0.39 is 0 Å². The van der Waals surface area contributed by atoms with Crippen molar-refractivity contribution in [1.29, 1.82) is 0 Å². The summed E-state index contributed by atoms with van der Waals surface area (Å²) in [6.45, 7) is 3.98. The first-order chi connectivity index (χ1) is 10.7. The molecule has 1 aromatic rings. The van der Waals surface area contributed by atoms with Crippen LogP contribution in [0, 0.1) is 5.92 Å². The van der Waals surface area contributed by atoms with E-state index >= 15 is 0 Å². The highest BCUT2D eigenvalue weighted by Gasteiger charge is 2.17. The SMILES string of the molecule is C=CCNC(=O)c1ccccc1NC(=O)CCC1CCCC1. The quantitative estimate of drug-likeness (QED) is 0.757. The molecule has 118 valence electrons. The molecule has 0 aromatic heterocycles. The third-order valence-electron chi connectivity index (χ3n) is 4.11. The molecule has 0 aliphatic heterocycles. The van der Waals surface area contributed by atoms with Gasteiger partial charge in [-0.25, -0.2) is 0 Å². The fourth-order valence-electron chi connectivity index (χ4n) is 2.90. The number of amides is 2. The van der Waals surface area contributed by atoms with Crippen molar-refractivity contribution in [2.24, 2.45) is 5.92 Å². The first-order valence-electron chi connectivity index (χ1n) is 7.98. The van der Waals surface area contributed by atoms with Crippen LogP contribution in [0.2, 0.25) is 0 Å². The van der Waals surface area contributed by atoms with Gasteiger partial charge in [0.2, 0.25) is 5.91 Å². The number of hydrogen-bond donors (Lipinski definition) is 2. The minimum Gasteiger partial charge on any atom is -0.349 e. The number of para-hydroxylation sites is 1. The second kappa shape index (κ2) is 8.37. The zero-order valence-electron chi connectivity index (χ0n) is 12.9. The Morgan fingerprint density at radius 2 is 1.95 bits per heavy atom. The fraction of sp³-hybridized carbons (Fsp3) is 0.444. The summed E-state index contributed by atoms with van der Waals surface area (Å²) in [4.78, 5) is 24.2. The number of nitrogens with one attached hydrogen (secondary N) is 2. The Balaban J connectivity index is 1.91. The molecule has 2 N–H and O–H groups in total. The van der Waals surface area contributed by atoms with E-state index in [1.54, 1.807) is 24.3 Å². The van der Waals surface area contributed by atoms with Gasteiger partial charge in [0.1, 0.15) is 0 Å². The molecule has 1 aliphatic rings. The minimum atomic E-state index is -0.202. The van der Waals surface area contributed by atoms with Crippen molar-refractivity contribution < 1.29 is 9.59 Å². The van der Waals surface area contributed by atoms with Crippen LogP contribution < -0.4 is 10.6 Å². The van der Waals surface area contributed by atoms with E-state index in [9.17, 15) is 9.59 Å². The average Bonchev–Trinajstić information content (AvgIpc) is 3.04. The Morgan fingerprint density at radius 1 is 1.23 bits per heavy atom. The summed E-state index contributed by atoms with van der Waals surface area (Å²) < 4.78 is 0. The average molecular weight is 300 g/mol. The summed E-state index contributed by atoms with van der Waals surface area (Å²) in [5, 5.41) is 5.60. The molecule has 0 atom stereocenters. The number of carbonyl (C=O) groups excluding carboxylic acids is 2. The van der Waals surface area contributed by atoms with Crippen molar-refractivity contribution in [3.8, 4) is 0 Å². The van der Waals surface area contributed by atoms with Crippen LogP contribution in [0.3, 0.4) is 0 Å². The summed E-state index contributed by atoms with van der Waals surface area (Å²) in [6.07, 6.45) is 8.16. The van der Waals surface area contributed by atoms with Gasteiger partial charge in [-0.2, -0.15) is 0 Å². The van der Waals surface area contributed by atoms with E-state index in [-0.39, 0.29) is 11.8 Å². The summed E-state index contributed by atoms with van der Waals surface area (Å²) >= 11 is 0. The molecular weight excluding hydrogens is 276 g/mol. The molecule has 2 amide bonds. The normalized spacial score (nSPS) is 14.5. The van der Waals surface area contributed by atoms with Gasteiger partial charge in [0.05, 0.1) is 11.3 Å². The molecule has 1 fully saturated rings. The van der Waals surface area contributed by atoms with Crippen molar-refractivity contribution in [3.63, 3.8) is 0 Å². The molecular formula is C18H24N2O2. The monoisotopic (exact) mass is 300 g/mol. The van der Waals surface area contributed by atoms with E-state index in [1.807, 2.05) is 6.07 Å². The largest absolute Gasteiger partial charge is 0.349 e. The van der Waals surface area contributed by atoms with Gasteiger partial charge in [0.15, 0.2) is 0 Å². The van der Waals surface area contributed by atoms with Crippen LogP contribution in [-0.2, 0) is 4.79 Å². The second-order valence-corrected chi connectivity index (χ2v) is 5.78. The third-order valence-corrected chi connectivity index (χ3v) is 4.11. The Bertz CT molecular complexity index is 534. The predicted octanol–water partition coefficient (Wildman–Crippen LogP) is 3.51. The molecule has 1 aromatic carbocycles. The van der Waals surface area contributed by atoms with Gasteiger partial charge in [-0.1, -0.05) is 43.9 Å². The van der Waals surface area contributed by atoms with Gasteiger partial charge in [0.25, 0.3) is 5.91 Å². The lowest BCUT2D eigenvalue weighted by molar-refractivity contribution is -0.116. The highest BCUT2D eigenvalue weighted by molar-refractivity contribution is 6.03. The molecule has 0 saturated heterocycles. The van der Waals surface area contributed by atoms with Crippen molar-refractivity contribution in [3.05, 3.63) is 42.5 Å². The Hall–Kier alpha value is -2.10. The zero-order valence-corrected chi connectivity index (χ0v) is 12.9. The van der Waals surface area contributed by atoms with Crippen LogP contribution >= 0.6 is 0 Å². The first kappa shape index (κ1) is 16.3. The topological polar surface area (TPSA) is 58.2 Å². The summed E-state index contributed by atoms with van der Waals surface area (Å²) in [6, 6.07) is 7.08. The van der Waals surface area contributed by atoms with E-state index in [0.29, 0.717) is 30.1 Å². The number of hydrogen-bond acceptors (Lipinski definition) is 2. The highest BCUT2D eigenvalue weighted by atomic mass is 16.2. The van der Waals surface area contributed by atoms with Gasteiger partial charge in [-0.3, -0.25) is 9.59 Å². The molecule has 4 nitrogen and oxygen atoms in total. The molecule has 0 radical (unpaired) electrons. The fourth-order valence-corrected chi connectivity index (χ4v) is 2.90. The van der Waals surface area contributed by atoms with E-state index in [2.05, 4.69) is 17.2 Å². The van der Waals surface area contributed by atoms with Crippen LogP contribution in [0.4, 0.5) is 5.69 Å². The van der Waals surface area contributed by atoms with Crippen LogP contribution in [0.15, 0.2) is 36.9 Å². The van der Waals surface area contributed by atoms with Gasteiger partial charge in [0, 0.05) is 13.0 Å². The molecule has 0 heterocycles. The zero-order chi connectivity index (χ0) is 15.8. The maximum atomic E-state index is 12.1. The molecule has 0 unspecified atom stereocenters. The van der Waals surface area contributed by atoms with Crippen LogP contribution in [-0.4, -0.2) is 18.4 Å². The molecule has 22 heavy (non-hydrogen) atoms. The molecule has 4 heteroatoms. The lowest BCUT2D eigenvalue weighted by atomic mass is 10.0. The Labute approximate surface area is 132 Å². The number of carbonyl (C=O) groups is 2. The number of benzene rings is 1. The smallest absolute Gasteiger partial charge is 0.253 e. The van der Waals surface area contributed by atoms with E-state index in [1.165, 1.54) is 25.7 Å². The van der Waals surface area contributed by atoms with Gasteiger partial charge in [-0.05, 0) is 24.5 Å². The predicted molar refractivity (Wildman–Crippen MR) is 88.8 cm³/mol. The molecule has 0 spiro atoms. The Morgan fingerprint density at radius 3 is 2.68 bits per heavy atom. The molecule has 0 bridgehead atoms. The third kappa shape index (κ3) is 4.72. The Kier molecular flexibility index (Phi) is 6.19. The lowest BCUT2D eigenvalue weighted by Gasteiger charge is -2.12. The lowest BCUT2D eigenvalue weighted by Crippen LogP contribution is -2.25. The summed E-state index contributed by atoms with van der Waals surface area (Å²) in [5.41, 5.74) is 1.05. The minimum absolute atomic E-state index is 0.0177. The standard InChI is InChI=1S/C18H24N2O2/c1-2-13-19-18(22)15-9-5-6-10-16(15)20-17(21)12-11-14-7-3-4-8-14/h2,5-6,9-10,14H,1,3-4,7-8,11-13H2,(H,19,22)(H,20,21). The molecule has 2 rings (SSSR count). The second-order valence-electron chi connectivity index (χ2n) is 5.78. The van der Waals surface area contributed by atoms with Crippen molar-refractivity contribution in [1.82, 2.24) is 5.32 Å². The van der Waals surface area contributed by atoms with Crippen molar-refractivity contribution in [2.75, 3.05) is 11.9 Å². The number of rotatable bonds is 7. The molecule has 1 aliphatic carbocycles. The van der Waals surface area contributed by atoms with Crippen molar-refractivity contribution >= 4 is 17.5 Å². The summed E-state index contributed by atoms with van der Waals surface area (Å²) in [7, 11) is 0. The highest BCUT2D eigenvalue weighted by Crippen LogP contribution is 2.28.